The number of hydrogen-bond acceptors (Lipinski definition) is 4. The summed E-state index contributed by atoms with van der Waals surface area (Å²) in [7, 11) is 0. The molecule has 3 rings (SSSR count). The fourth-order valence-electron chi connectivity index (χ4n) is 2.64. The van der Waals surface area contributed by atoms with Crippen molar-refractivity contribution in [3.63, 3.8) is 0 Å². The average Bonchev–Trinajstić information content (AvgIpc) is 3.02. The monoisotopic (exact) mass is 339 g/mol. The highest BCUT2D eigenvalue weighted by atomic mass is 35.5. The molecule has 0 bridgehead atoms. The molecule has 2 heterocycles. The van der Waals surface area contributed by atoms with Crippen LogP contribution in [0.25, 0.3) is 5.69 Å². The number of amides is 1. The number of benzene rings is 1. The number of piperidine rings is 1. The van der Waals surface area contributed by atoms with Crippen LogP contribution in [0.2, 0.25) is 0 Å². The number of anilines is 1. The lowest BCUT2D eigenvalue weighted by Gasteiger charge is -2.32. The zero-order valence-corrected chi connectivity index (χ0v) is 13.6. The largest absolute Gasteiger partial charge is 0.325 e. The van der Waals surface area contributed by atoms with Gasteiger partial charge in [-0.3, -0.25) is 4.79 Å². The predicted molar refractivity (Wildman–Crippen MR) is 87.4 cm³/mol. The first-order valence-electron chi connectivity index (χ1n) is 7.25. The van der Waals surface area contributed by atoms with E-state index in [0.29, 0.717) is 17.9 Å². The molecule has 1 saturated heterocycles. The van der Waals surface area contributed by atoms with Crippen LogP contribution in [0.4, 0.5) is 10.1 Å². The van der Waals surface area contributed by atoms with Crippen LogP contribution in [-0.2, 0) is 4.79 Å². The topological polar surface area (TPSA) is 71.8 Å². The van der Waals surface area contributed by atoms with E-state index in [1.165, 1.54) is 23.4 Å². The highest BCUT2D eigenvalue weighted by Crippen LogP contribution is 2.27. The summed E-state index contributed by atoms with van der Waals surface area (Å²) in [5.41, 5.74) is 0.276. The maximum Gasteiger partial charge on any atom is 0.231 e. The Morgan fingerprint density at radius 3 is 2.91 bits per heavy atom. The second-order valence-electron chi connectivity index (χ2n) is 5.80. The molecule has 1 aliphatic heterocycles. The third-order valence-electron chi connectivity index (χ3n) is 4.02. The van der Waals surface area contributed by atoms with Crippen molar-refractivity contribution in [2.24, 2.45) is 5.41 Å². The number of aromatic nitrogens is 3. The van der Waals surface area contributed by atoms with Gasteiger partial charge in [-0.05, 0) is 44.5 Å². The lowest BCUT2D eigenvalue weighted by atomic mass is 9.82. The second-order valence-corrected chi connectivity index (χ2v) is 5.80. The first kappa shape index (κ1) is 17.4. The SMILES string of the molecule is CC1(C(=O)Nc2ccc(-n3cncn3)c(F)c2)CCCNC1.Cl. The molecule has 0 spiro atoms. The predicted octanol–water partition coefficient (Wildman–Crippen LogP) is 2.16. The first-order valence-corrected chi connectivity index (χ1v) is 7.25. The maximum atomic E-state index is 14.1. The van der Waals surface area contributed by atoms with Gasteiger partial charge in [0, 0.05) is 12.2 Å². The van der Waals surface area contributed by atoms with Crippen LogP contribution in [0, 0.1) is 11.2 Å². The quantitative estimate of drug-likeness (QED) is 0.899. The van der Waals surface area contributed by atoms with Gasteiger partial charge >= 0.3 is 0 Å². The smallest absolute Gasteiger partial charge is 0.231 e. The Hall–Kier alpha value is -1.99. The number of nitrogens with one attached hydrogen (secondary N) is 2. The molecule has 23 heavy (non-hydrogen) atoms. The standard InChI is InChI=1S/C15H18FN5O.ClH/c1-15(5-2-6-17-8-15)14(22)20-11-3-4-13(12(16)7-11)21-10-18-9-19-21;/h3-4,7,9-10,17H,2,5-6,8H2,1H3,(H,20,22);1H. The van der Waals surface area contributed by atoms with E-state index in [4.69, 9.17) is 0 Å². The molecule has 1 fully saturated rings. The zero-order chi connectivity index (χ0) is 15.6. The third kappa shape index (κ3) is 3.68. The van der Waals surface area contributed by atoms with E-state index in [0.717, 1.165) is 19.4 Å². The van der Waals surface area contributed by atoms with E-state index in [1.807, 2.05) is 6.92 Å². The fourth-order valence-corrected chi connectivity index (χ4v) is 2.64. The van der Waals surface area contributed by atoms with Crippen LogP contribution in [0.3, 0.4) is 0 Å². The maximum absolute atomic E-state index is 14.1. The molecule has 1 atom stereocenters. The summed E-state index contributed by atoms with van der Waals surface area (Å²) in [5.74, 6) is -0.553. The molecule has 6 nitrogen and oxygen atoms in total. The minimum atomic E-state index is -0.463. The fraction of sp³-hybridized carbons (Fsp3) is 0.400. The van der Waals surface area contributed by atoms with E-state index in [1.54, 1.807) is 12.1 Å². The van der Waals surface area contributed by atoms with E-state index in [9.17, 15) is 9.18 Å². The molecule has 1 amide bonds. The van der Waals surface area contributed by atoms with Crippen molar-refractivity contribution in [3.05, 3.63) is 36.7 Å². The highest BCUT2D eigenvalue weighted by molar-refractivity contribution is 5.95. The molecule has 1 aliphatic rings. The van der Waals surface area contributed by atoms with Crippen LogP contribution in [0.15, 0.2) is 30.9 Å². The Morgan fingerprint density at radius 1 is 1.48 bits per heavy atom. The Bertz CT molecular complexity index is 671. The van der Waals surface area contributed by atoms with E-state index in [2.05, 4.69) is 20.7 Å². The van der Waals surface area contributed by atoms with Crippen molar-refractivity contribution in [2.75, 3.05) is 18.4 Å². The summed E-state index contributed by atoms with van der Waals surface area (Å²) in [4.78, 5) is 16.2. The number of rotatable bonds is 3. The van der Waals surface area contributed by atoms with Gasteiger partial charge in [-0.1, -0.05) is 0 Å². The van der Waals surface area contributed by atoms with Gasteiger partial charge in [0.15, 0.2) is 5.82 Å². The molecule has 2 aromatic rings. The van der Waals surface area contributed by atoms with Crippen molar-refractivity contribution >= 4 is 24.0 Å². The third-order valence-corrected chi connectivity index (χ3v) is 4.02. The Morgan fingerprint density at radius 2 is 2.30 bits per heavy atom. The number of carbonyl (C=O) groups excluding carboxylic acids is 1. The van der Waals surface area contributed by atoms with Gasteiger partial charge in [-0.2, -0.15) is 5.10 Å². The van der Waals surface area contributed by atoms with Crippen LogP contribution in [0.1, 0.15) is 19.8 Å². The van der Waals surface area contributed by atoms with Crippen molar-refractivity contribution in [2.45, 2.75) is 19.8 Å². The van der Waals surface area contributed by atoms with E-state index >= 15 is 0 Å². The van der Waals surface area contributed by atoms with Gasteiger partial charge in [-0.25, -0.2) is 14.1 Å². The van der Waals surface area contributed by atoms with Crippen LogP contribution >= 0.6 is 12.4 Å². The number of nitrogens with zero attached hydrogens (tertiary/aromatic N) is 3. The normalized spacial score (nSPS) is 20.6. The zero-order valence-electron chi connectivity index (χ0n) is 12.8. The molecule has 0 aliphatic carbocycles. The summed E-state index contributed by atoms with van der Waals surface area (Å²) in [6.45, 7) is 3.50. The lowest BCUT2D eigenvalue weighted by molar-refractivity contribution is -0.125. The first-order chi connectivity index (χ1) is 10.6. The molecule has 0 saturated carbocycles. The summed E-state index contributed by atoms with van der Waals surface area (Å²) < 4.78 is 15.5. The Labute approximate surface area is 139 Å². The summed E-state index contributed by atoms with van der Waals surface area (Å²) in [6.07, 6.45) is 4.55. The number of hydrogen-bond donors (Lipinski definition) is 2. The Kier molecular flexibility index (Phi) is 5.33. The van der Waals surface area contributed by atoms with Crippen LogP contribution < -0.4 is 10.6 Å². The van der Waals surface area contributed by atoms with Crippen molar-refractivity contribution in [1.29, 1.82) is 0 Å². The van der Waals surface area contributed by atoms with Crippen molar-refractivity contribution < 1.29 is 9.18 Å². The number of carbonyl (C=O) groups is 1. The van der Waals surface area contributed by atoms with Crippen LogP contribution in [0.5, 0.6) is 0 Å². The van der Waals surface area contributed by atoms with Gasteiger partial charge in [0.05, 0.1) is 5.41 Å². The molecular weight excluding hydrogens is 321 g/mol. The molecule has 124 valence electrons. The minimum absolute atomic E-state index is 0. The van der Waals surface area contributed by atoms with E-state index in [-0.39, 0.29) is 18.3 Å². The van der Waals surface area contributed by atoms with Gasteiger partial charge in [-0.15, -0.1) is 12.4 Å². The molecule has 1 aromatic carbocycles. The highest BCUT2D eigenvalue weighted by Gasteiger charge is 2.34. The summed E-state index contributed by atoms with van der Waals surface area (Å²) >= 11 is 0. The second kappa shape index (κ2) is 7.06. The van der Waals surface area contributed by atoms with E-state index < -0.39 is 11.2 Å². The van der Waals surface area contributed by atoms with Gasteiger partial charge in [0.1, 0.15) is 18.3 Å². The lowest BCUT2D eigenvalue weighted by Crippen LogP contribution is -2.46. The molecular formula is C15H19ClFN5O. The van der Waals surface area contributed by atoms with Crippen LogP contribution in [-0.4, -0.2) is 33.8 Å². The molecule has 1 aromatic heterocycles. The molecule has 0 radical (unpaired) electrons. The Balaban J connectivity index is 0.00000192. The van der Waals surface area contributed by atoms with Crippen molar-refractivity contribution in [1.82, 2.24) is 20.1 Å². The average molecular weight is 340 g/mol. The summed E-state index contributed by atoms with van der Waals surface area (Å²) in [6, 6.07) is 4.53. The minimum Gasteiger partial charge on any atom is -0.325 e. The van der Waals surface area contributed by atoms with Crippen molar-refractivity contribution in [3.8, 4) is 5.69 Å². The molecule has 1 unspecified atom stereocenters. The molecule has 2 N–H and O–H groups in total. The van der Waals surface area contributed by atoms with Gasteiger partial charge in [0.25, 0.3) is 0 Å². The summed E-state index contributed by atoms with van der Waals surface area (Å²) in [5, 5.41) is 9.92. The van der Waals surface area contributed by atoms with Gasteiger partial charge < -0.3 is 10.6 Å². The number of halogens is 2. The molecule has 8 heteroatoms. The van der Waals surface area contributed by atoms with Gasteiger partial charge in [0.2, 0.25) is 5.91 Å².